The summed E-state index contributed by atoms with van der Waals surface area (Å²) in [6.45, 7) is 1.81. The summed E-state index contributed by atoms with van der Waals surface area (Å²) in [7, 11) is 1.79. The third-order valence-electron chi connectivity index (χ3n) is 2.46. The molecule has 0 spiro atoms. The number of carbonyl (C=O) groups excluding carboxylic acids is 1. The second-order valence-electron chi connectivity index (χ2n) is 3.86. The normalized spacial score (nSPS) is 10.4. The Morgan fingerprint density at radius 1 is 1.39 bits per heavy atom. The number of halogens is 2. The van der Waals surface area contributed by atoms with Crippen LogP contribution < -0.4 is 5.32 Å². The third-order valence-corrected chi connectivity index (χ3v) is 3.28. The molecule has 1 heterocycles. The van der Waals surface area contributed by atoms with E-state index in [1.54, 1.807) is 36.1 Å². The first-order valence-electron chi connectivity index (χ1n) is 5.24. The number of nitrogens with zero attached hydrogens (tertiary/aromatic N) is 2. The van der Waals surface area contributed by atoms with Gasteiger partial charge < -0.3 is 5.32 Å². The Morgan fingerprint density at radius 2 is 2.11 bits per heavy atom. The van der Waals surface area contributed by atoms with Crippen LogP contribution in [0.5, 0.6) is 0 Å². The molecule has 18 heavy (non-hydrogen) atoms. The van der Waals surface area contributed by atoms with Gasteiger partial charge in [-0.05, 0) is 19.1 Å². The molecule has 0 aliphatic heterocycles. The van der Waals surface area contributed by atoms with Gasteiger partial charge in [-0.15, -0.1) is 0 Å². The van der Waals surface area contributed by atoms with Crippen molar-refractivity contribution in [2.24, 2.45) is 7.05 Å². The van der Waals surface area contributed by atoms with Gasteiger partial charge >= 0.3 is 0 Å². The SMILES string of the molecule is Cc1nn(C)cc1NC(=O)c1cccc(Cl)c1Cl. The number of anilines is 1. The van der Waals surface area contributed by atoms with E-state index in [0.29, 0.717) is 16.3 Å². The number of benzene rings is 1. The van der Waals surface area contributed by atoms with E-state index < -0.39 is 0 Å². The van der Waals surface area contributed by atoms with E-state index in [1.165, 1.54) is 0 Å². The number of hydrogen-bond donors (Lipinski definition) is 1. The van der Waals surface area contributed by atoms with E-state index in [1.807, 2.05) is 6.92 Å². The van der Waals surface area contributed by atoms with Crippen molar-refractivity contribution in [2.75, 3.05) is 5.32 Å². The van der Waals surface area contributed by atoms with Crippen LogP contribution in [0.2, 0.25) is 10.0 Å². The molecule has 6 heteroatoms. The highest BCUT2D eigenvalue weighted by molar-refractivity contribution is 6.44. The maximum Gasteiger partial charge on any atom is 0.257 e. The highest BCUT2D eigenvalue weighted by atomic mass is 35.5. The second-order valence-corrected chi connectivity index (χ2v) is 4.64. The third kappa shape index (κ3) is 2.49. The summed E-state index contributed by atoms with van der Waals surface area (Å²) in [4.78, 5) is 12.1. The first-order chi connectivity index (χ1) is 8.49. The Hall–Kier alpha value is -1.52. The van der Waals surface area contributed by atoms with Crippen LogP contribution in [0.25, 0.3) is 0 Å². The summed E-state index contributed by atoms with van der Waals surface area (Å²) in [5, 5.41) is 7.49. The van der Waals surface area contributed by atoms with E-state index in [-0.39, 0.29) is 10.9 Å². The number of aromatic nitrogens is 2. The molecule has 4 nitrogen and oxygen atoms in total. The van der Waals surface area contributed by atoms with Gasteiger partial charge in [0.2, 0.25) is 0 Å². The van der Waals surface area contributed by atoms with Gasteiger partial charge in [0, 0.05) is 13.2 Å². The van der Waals surface area contributed by atoms with Crippen LogP contribution in [-0.2, 0) is 7.05 Å². The zero-order valence-corrected chi connectivity index (χ0v) is 11.4. The first-order valence-corrected chi connectivity index (χ1v) is 6.00. The van der Waals surface area contributed by atoms with Crippen molar-refractivity contribution in [3.05, 3.63) is 45.7 Å². The summed E-state index contributed by atoms with van der Waals surface area (Å²) in [6, 6.07) is 4.93. The Labute approximate surface area is 115 Å². The molecular formula is C12H11Cl2N3O. The molecule has 1 aromatic heterocycles. The minimum atomic E-state index is -0.307. The largest absolute Gasteiger partial charge is 0.319 e. The molecule has 0 atom stereocenters. The number of aryl methyl sites for hydroxylation is 2. The minimum Gasteiger partial charge on any atom is -0.319 e. The fraction of sp³-hybridized carbons (Fsp3) is 0.167. The Kier molecular flexibility index (Phi) is 3.59. The van der Waals surface area contributed by atoms with Crippen LogP contribution >= 0.6 is 23.2 Å². The molecule has 0 radical (unpaired) electrons. The maximum absolute atomic E-state index is 12.1. The minimum absolute atomic E-state index is 0.248. The van der Waals surface area contributed by atoms with Gasteiger partial charge in [-0.25, -0.2) is 0 Å². The zero-order valence-electron chi connectivity index (χ0n) is 9.87. The lowest BCUT2D eigenvalue weighted by atomic mass is 10.2. The fourth-order valence-electron chi connectivity index (χ4n) is 1.59. The van der Waals surface area contributed by atoms with Gasteiger partial charge in [-0.3, -0.25) is 9.48 Å². The van der Waals surface area contributed by atoms with Gasteiger partial charge in [-0.2, -0.15) is 5.10 Å². The Bertz CT molecular complexity index is 607. The zero-order chi connectivity index (χ0) is 13.3. The second kappa shape index (κ2) is 5.00. The molecule has 0 aliphatic rings. The number of carbonyl (C=O) groups is 1. The summed E-state index contributed by atoms with van der Waals surface area (Å²) in [5.74, 6) is -0.307. The van der Waals surface area contributed by atoms with E-state index in [0.717, 1.165) is 5.69 Å². The molecule has 0 aliphatic carbocycles. The van der Waals surface area contributed by atoms with Crippen LogP contribution in [0.4, 0.5) is 5.69 Å². The van der Waals surface area contributed by atoms with E-state index in [4.69, 9.17) is 23.2 Å². The molecule has 94 valence electrons. The predicted molar refractivity (Wildman–Crippen MR) is 72.4 cm³/mol. The topological polar surface area (TPSA) is 46.9 Å². The van der Waals surface area contributed by atoms with E-state index in [9.17, 15) is 4.79 Å². The lowest BCUT2D eigenvalue weighted by molar-refractivity contribution is 0.102. The van der Waals surface area contributed by atoms with Gasteiger partial charge in [0.25, 0.3) is 5.91 Å². The standard InChI is InChI=1S/C12H11Cl2N3O/c1-7-10(6-17(2)16-7)15-12(18)8-4-3-5-9(13)11(8)14/h3-6H,1-2H3,(H,15,18). The summed E-state index contributed by atoms with van der Waals surface area (Å²) >= 11 is 11.9. The highest BCUT2D eigenvalue weighted by Crippen LogP contribution is 2.26. The van der Waals surface area contributed by atoms with Gasteiger partial charge in [-0.1, -0.05) is 29.3 Å². The Morgan fingerprint density at radius 3 is 2.72 bits per heavy atom. The molecule has 0 saturated carbocycles. The number of hydrogen-bond acceptors (Lipinski definition) is 2. The van der Waals surface area contributed by atoms with Crippen LogP contribution in [0.15, 0.2) is 24.4 Å². The smallest absolute Gasteiger partial charge is 0.257 e. The number of amides is 1. The van der Waals surface area contributed by atoms with Crippen molar-refractivity contribution >= 4 is 34.8 Å². The van der Waals surface area contributed by atoms with Crippen LogP contribution in [0.3, 0.4) is 0 Å². The average molecular weight is 284 g/mol. The van der Waals surface area contributed by atoms with E-state index in [2.05, 4.69) is 10.4 Å². The molecule has 0 saturated heterocycles. The molecular weight excluding hydrogens is 273 g/mol. The van der Waals surface area contributed by atoms with Crippen molar-refractivity contribution in [1.29, 1.82) is 0 Å². The molecule has 0 fully saturated rings. The van der Waals surface area contributed by atoms with Crippen molar-refractivity contribution in [3.8, 4) is 0 Å². The molecule has 1 amide bonds. The predicted octanol–water partition coefficient (Wildman–Crippen LogP) is 3.29. The number of rotatable bonds is 2. The van der Waals surface area contributed by atoms with Crippen LogP contribution in [0, 0.1) is 6.92 Å². The summed E-state index contributed by atoms with van der Waals surface area (Å²) in [6.07, 6.45) is 1.73. The van der Waals surface area contributed by atoms with Crippen LogP contribution in [-0.4, -0.2) is 15.7 Å². The quantitative estimate of drug-likeness (QED) is 0.919. The van der Waals surface area contributed by atoms with Gasteiger partial charge in [0.1, 0.15) is 0 Å². The summed E-state index contributed by atoms with van der Waals surface area (Å²) < 4.78 is 1.63. The van der Waals surface area contributed by atoms with Gasteiger partial charge in [0.05, 0.1) is 27.0 Å². The van der Waals surface area contributed by atoms with Crippen LogP contribution in [0.1, 0.15) is 16.1 Å². The van der Waals surface area contributed by atoms with Crippen molar-refractivity contribution in [1.82, 2.24) is 9.78 Å². The molecule has 1 aromatic carbocycles. The van der Waals surface area contributed by atoms with Crippen molar-refractivity contribution in [3.63, 3.8) is 0 Å². The molecule has 2 rings (SSSR count). The fourth-order valence-corrected chi connectivity index (χ4v) is 1.98. The van der Waals surface area contributed by atoms with E-state index >= 15 is 0 Å². The first kappa shape index (κ1) is 12.9. The van der Waals surface area contributed by atoms with Crippen molar-refractivity contribution in [2.45, 2.75) is 6.92 Å². The molecule has 0 unspecified atom stereocenters. The average Bonchev–Trinajstić information content (AvgIpc) is 2.61. The Balaban J connectivity index is 2.27. The molecule has 0 bridgehead atoms. The maximum atomic E-state index is 12.1. The summed E-state index contributed by atoms with van der Waals surface area (Å²) in [5.41, 5.74) is 1.73. The van der Waals surface area contributed by atoms with Gasteiger partial charge in [0.15, 0.2) is 0 Å². The lowest BCUT2D eigenvalue weighted by Crippen LogP contribution is -2.12. The molecule has 2 aromatic rings. The molecule has 1 N–H and O–H groups in total. The van der Waals surface area contributed by atoms with Crippen molar-refractivity contribution < 1.29 is 4.79 Å². The number of nitrogens with one attached hydrogen (secondary N) is 1. The highest BCUT2D eigenvalue weighted by Gasteiger charge is 2.14. The lowest BCUT2D eigenvalue weighted by Gasteiger charge is -2.06. The monoisotopic (exact) mass is 283 g/mol.